The van der Waals surface area contributed by atoms with Crippen molar-refractivity contribution in [3.05, 3.63) is 22.2 Å². The summed E-state index contributed by atoms with van der Waals surface area (Å²) in [5.74, 6) is 0.468. The van der Waals surface area contributed by atoms with E-state index in [2.05, 4.69) is 20.7 Å². The molecule has 1 aliphatic carbocycles. The fourth-order valence-electron chi connectivity index (χ4n) is 2.19. The monoisotopic (exact) mass is 342 g/mol. The molecule has 1 saturated carbocycles. The first-order chi connectivity index (χ1) is 9.54. The Hall–Kier alpha value is -1.27. The Morgan fingerprint density at radius 1 is 1.35 bits per heavy atom. The van der Waals surface area contributed by atoms with Crippen molar-refractivity contribution in [3.8, 4) is 11.5 Å². The van der Waals surface area contributed by atoms with Crippen molar-refractivity contribution in [3.63, 3.8) is 0 Å². The molecule has 1 atom stereocenters. The second-order valence-electron chi connectivity index (χ2n) is 5.32. The summed E-state index contributed by atoms with van der Waals surface area (Å²) in [5.41, 5.74) is 0.554. The van der Waals surface area contributed by atoms with E-state index in [1.54, 1.807) is 12.1 Å². The number of fused-ring (bicyclic) bond motifs is 1. The number of aliphatic hydroxyl groups excluding tert-OH is 1. The van der Waals surface area contributed by atoms with Crippen LogP contribution in [0.5, 0.6) is 11.5 Å². The van der Waals surface area contributed by atoms with Gasteiger partial charge in [-0.2, -0.15) is 0 Å². The van der Waals surface area contributed by atoms with Gasteiger partial charge in [0.2, 0.25) is 0 Å². The lowest BCUT2D eigenvalue weighted by Gasteiger charge is -2.14. The highest BCUT2D eigenvalue weighted by Gasteiger charge is 2.46. The maximum absolute atomic E-state index is 11.4. The average molecular weight is 343 g/mol. The largest absolute Gasteiger partial charge is 0.489 e. The molecule has 0 saturated heterocycles. The summed E-state index contributed by atoms with van der Waals surface area (Å²) in [6.45, 7) is 1.25. The molecule has 108 valence electrons. The molecule has 3 rings (SSSR count). The first-order valence-corrected chi connectivity index (χ1v) is 7.19. The molecular weight excluding hydrogens is 328 g/mol. The minimum Gasteiger partial charge on any atom is -0.489 e. The van der Waals surface area contributed by atoms with Crippen LogP contribution in [0.2, 0.25) is 0 Å². The smallest absolute Gasteiger partial charge is 0.339 e. The second-order valence-corrected chi connectivity index (χ2v) is 6.18. The predicted octanol–water partition coefficient (Wildman–Crippen LogP) is 2.21. The Morgan fingerprint density at radius 3 is 2.50 bits per heavy atom. The molecule has 1 aromatic rings. The molecule has 6 heteroatoms. The fraction of sp³-hybridized carbons (Fsp3) is 0.500. The molecule has 1 aliphatic heterocycles. The number of halogens is 1. The van der Waals surface area contributed by atoms with E-state index in [0.717, 1.165) is 12.8 Å². The second kappa shape index (κ2) is 4.93. The van der Waals surface area contributed by atoms with Crippen LogP contribution in [0.1, 0.15) is 24.5 Å². The number of hydrogen-bond donors (Lipinski definition) is 1. The summed E-state index contributed by atoms with van der Waals surface area (Å²) in [5, 5.41) is 9.96. The van der Waals surface area contributed by atoms with Gasteiger partial charge >= 0.3 is 5.97 Å². The van der Waals surface area contributed by atoms with Crippen molar-refractivity contribution in [2.45, 2.75) is 18.9 Å². The maximum atomic E-state index is 11.4. The van der Waals surface area contributed by atoms with E-state index in [4.69, 9.17) is 9.47 Å². The Labute approximate surface area is 125 Å². The lowest BCUT2D eigenvalue weighted by molar-refractivity contribution is -0.150. The van der Waals surface area contributed by atoms with Crippen LogP contribution in [0.4, 0.5) is 0 Å². The van der Waals surface area contributed by atoms with Gasteiger partial charge < -0.3 is 19.3 Å². The number of methoxy groups -OCH3 is 1. The molecule has 1 aromatic carbocycles. The van der Waals surface area contributed by atoms with Gasteiger partial charge in [0, 0.05) is 15.5 Å². The molecule has 5 nitrogen and oxygen atoms in total. The molecule has 1 unspecified atom stereocenters. The van der Waals surface area contributed by atoms with Gasteiger partial charge in [-0.15, -0.1) is 0 Å². The summed E-state index contributed by atoms with van der Waals surface area (Å²) in [6, 6.07) is 3.35. The SMILES string of the molecule is COC(=O)C(O)c1cc2c(cc1Br)OCC1(CC1)CO2. The van der Waals surface area contributed by atoms with Crippen molar-refractivity contribution in [1.29, 1.82) is 0 Å². The molecule has 0 aromatic heterocycles. The number of esters is 1. The third-order valence-electron chi connectivity index (χ3n) is 3.81. The Balaban J connectivity index is 1.91. The Kier molecular flexibility index (Phi) is 3.38. The summed E-state index contributed by atoms with van der Waals surface area (Å²) >= 11 is 3.34. The minimum atomic E-state index is -1.35. The van der Waals surface area contributed by atoms with Crippen LogP contribution < -0.4 is 9.47 Å². The van der Waals surface area contributed by atoms with Crippen LogP contribution in [0.3, 0.4) is 0 Å². The van der Waals surface area contributed by atoms with Crippen LogP contribution in [0.15, 0.2) is 16.6 Å². The van der Waals surface area contributed by atoms with Crippen molar-refractivity contribution in [2.24, 2.45) is 5.41 Å². The van der Waals surface area contributed by atoms with Gasteiger partial charge in [0.1, 0.15) is 0 Å². The first-order valence-electron chi connectivity index (χ1n) is 6.40. The van der Waals surface area contributed by atoms with E-state index in [1.807, 2.05) is 0 Å². The highest BCUT2D eigenvalue weighted by atomic mass is 79.9. The number of benzene rings is 1. The van der Waals surface area contributed by atoms with Gasteiger partial charge in [0.25, 0.3) is 0 Å². The molecule has 1 N–H and O–H groups in total. The zero-order valence-electron chi connectivity index (χ0n) is 11.0. The lowest BCUT2D eigenvalue weighted by Crippen LogP contribution is -2.17. The van der Waals surface area contributed by atoms with Crippen LogP contribution in [0.25, 0.3) is 0 Å². The van der Waals surface area contributed by atoms with E-state index >= 15 is 0 Å². The summed E-state index contributed by atoms with van der Waals surface area (Å²) in [6.07, 6.45) is 0.876. The minimum absolute atomic E-state index is 0.145. The maximum Gasteiger partial charge on any atom is 0.339 e. The summed E-state index contributed by atoms with van der Waals surface area (Å²) in [4.78, 5) is 11.4. The first kappa shape index (κ1) is 13.7. The van der Waals surface area contributed by atoms with E-state index in [9.17, 15) is 9.90 Å². The summed E-state index contributed by atoms with van der Waals surface area (Å²) < 4.78 is 16.7. The zero-order chi connectivity index (χ0) is 14.3. The number of ether oxygens (including phenoxy) is 3. The van der Waals surface area contributed by atoms with E-state index in [1.165, 1.54) is 7.11 Å². The number of rotatable bonds is 2. The van der Waals surface area contributed by atoms with Crippen molar-refractivity contribution < 1.29 is 24.1 Å². The van der Waals surface area contributed by atoms with Gasteiger partial charge in [-0.05, 0) is 25.0 Å². The third kappa shape index (κ3) is 2.38. The predicted molar refractivity (Wildman–Crippen MR) is 73.8 cm³/mol. The van der Waals surface area contributed by atoms with Crippen LogP contribution in [-0.2, 0) is 9.53 Å². The van der Waals surface area contributed by atoms with Crippen LogP contribution in [0, 0.1) is 5.41 Å². The molecular formula is C14H15BrO5. The normalized spacial score (nSPS) is 20.1. The highest BCUT2D eigenvalue weighted by Crippen LogP contribution is 2.49. The number of hydrogen-bond acceptors (Lipinski definition) is 5. The zero-order valence-corrected chi connectivity index (χ0v) is 12.6. The lowest BCUT2D eigenvalue weighted by atomic mass is 10.1. The molecule has 0 amide bonds. The van der Waals surface area contributed by atoms with Crippen LogP contribution in [-0.4, -0.2) is 31.4 Å². The molecule has 20 heavy (non-hydrogen) atoms. The molecule has 0 radical (unpaired) electrons. The molecule has 1 spiro atoms. The average Bonchev–Trinajstić information content (AvgIpc) is 3.24. The van der Waals surface area contributed by atoms with Gasteiger partial charge in [-0.1, -0.05) is 15.9 Å². The van der Waals surface area contributed by atoms with Gasteiger partial charge in [-0.25, -0.2) is 4.79 Å². The quantitative estimate of drug-likeness (QED) is 0.834. The van der Waals surface area contributed by atoms with Crippen LogP contribution >= 0.6 is 15.9 Å². The molecule has 1 fully saturated rings. The van der Waals surface area contributed by atoms with Gasteiger partial charge in [0.05, 0.1) is 20.3 Å². The van der Waals surface area contributed by atoms with E-state index in [0.29, 0.717) is 34.7 Å². The standard InChI is InChI=1S/C14H15BrO5/c1-18-13(17)12(16)8-4-10-11(5-9(8)15)20-7-14(2-3-14)6-19-10/h4-5,12,16H,2-3,6-7H2,1H3. The topological polar surface area (TPSA) is 65.0 Å². The molecule has 1 heterocycles. The molecule has 2 aliphatic rings. The molecule has 0 bridgehead atoms. The number of carbonyl (C=O) groups excluding carboxylic acids is 1. The van der Waals surface area contributed by atoms with E-state index < -0.39 is 12.1 Å². The number of aliphatic hydroxyl groups is 1. The Morgan fingerprint density at radius 2 is 1.95 bits per heavy atom. The van der Waals surface area contributed by atoms with Crippen molar-refractivity contribution in [1.82, 2.24) is 0 Å². The summed E-state index contributed by atoms with van der Waals surface area (Å²) in [7, 11) is 1.24. The Bertz CT molecular complexity index is 553. The third-order valence-corrected chi connectivity index (χ3v) is 4.49. The van der Waals surface area contributed by atoms with Gasteiger partial charge in [-0.3, -0.25) is 0 Å². The number of carbonyl (C=O) groups is 1. The van der Waals surface area contributed by atoms with Crippen molar-refractivity contribution >= 4 is 21.9 Å². The van der Waals surface area contributed by atoms with Crippen molar-refractivity contribution in [2.75, 3.05) is 20.3 Å². The van der Waals surface area contributed by atoms with E-state index in [-0.39, 0.29) is 5.41 Å². The van der Waals surface area contributed by atoms with Gasteiger partial charge in [0.15, 0.2) is 17.6 Å². The highest BCUT2D eigenvalue weighted by molar-refractivity contribution is 9.10. The fourth-order valence-corrected chi connectivity index (χ4v) is 2.73.